The summed E-state index contributed by atoms with van der Waals surface area (Å²) in [5.74, 6) is 0.355. The number of benzene rings is 3. The third kappa shape index (κ3) is 3.78. The Bertz CT molecular complexity index is 1760. The number of aromatic nitrogens is 2. The molecule has 1 saturated heterocycles. The predicted octanol–water partition coefficient (Wildman–Crippen LogP) is 5.20. The number of fused-ring (bicyclic) bond motifs is 2. The Morgan fingerprint density at radius 2 is 1.67 bits per heavy atom. The molecule has 9 nitrogen and oxygen atoms in total. The largest absolute Gasteiger partial charge is 0.478 e. The maximum atomic E-state index is 13.8. The van der Waals surface area contributed by atoms with E-state index in [4.69, 9.17) is 4.52 Å². The number of piperazine rings is 1. The standard InChI is InChI=1S/C30H23N5O4/c36-28-20-8-1-2-9-21(20)29-26-25(28)22(32-19-7-5-6-18(16-19)30(37)38)17-23(27(26)33-39-29)34-12-14-35(15-13-34)24-10-3-4-11-31-24/h1-11,16-17,32H,12-15H2,(H,37,38). The molecule has 0 radical (unpaired) electrons. The normalized spacial score (nSPS) is 14.4. The van der Waals surface area contributed by atoms with Crippen molar-refractivity contribution >= 4 is 45.5 Å². The molecule has 7 rings (SSSR count). The lowest BCUT2D eigenvalue weighted by Crippen LogP contribution is -2.47. The highest BCUT2D eigenvalue weighted by molar-refractivity contribution is 6.28. The number of pyridine rings is 1. The van der Waals surface area contributed by atoms with Crippen LogP contribution >= 0.6 is 0 Å². The van der Waals surface area contributed by atoms with Crippen molar-refractivity contribution in [3.05, 3.63) is 95.7 Å². The van der Waals surface area contributed by atoms with Gasteiger partial charge >= 0.3 is 5.97 Å². The molecule has 2 N–H and O–H groups in total. The van der Waals surface area contributed by atoms with Gasteiger partial charge in [0, 0.05) is 49.2 Å². The molecule has 1 fully saturated rings. The van der Waals surface area contributed by atoms with Gasteiger partial charge in [0.2, 0.25) is 0 Å². The van der Waals surface area contributed by atoms with Crippen molar-refractivity contribution < 1.29 is 19.2 Å². The van der Waals surface area contributed by atoms with Crippen LogP contribution in [0.25, 0.3) is 22.2 Å². The smallest absolute Gasteiger partial charge is 0.335 e. The second kappa shape index (κ2) is 8.98. The first-order valence-electron chi connectivity index (χ1n) is 12.7. The molecule has 39 heavy (non-hydrogen) atoms. The summed E-state index contributed by atoms with van der Waals surface area (Å²) in [5, 5.41) is 18.0. The first-order valence-corrected chi connectivity index (χ1v) is 12.7. The van der Waals surface area contributed by atoms with Crippen LogP contribution in [-0.4, -0.2) is 53.2 Å². The van der Waals surface area contributed by atoms with Crippen LogP contribution in [0.4, 0.5) is 22.9 Å². The molecule has 1 aliphatic carbocycles. The van der Waals surface area contributed by atoms with Gasteiger partial charge in [-0.1, -0.05) is 41.6 Å². The Balaban J connectivity index is 1.34. The molecule has 0 amide bonds. The molecule has 192 valence electrons. The molecule has 2 aliphatic rings. The van der Waals surface area contributed by atoms with Crippen LogP contribution in [-0.2, 0) is 0 Å². The molecule has 3 heterocycles. The Morgan fingerprint density at radius 3 is 2.44 bits per heavy atom. The summed E-state index contributed by atoms with van der Waals surface area (Å²) >= 11 is 0. The Hall–Kier alpha value is -5.18. The van der Waals surface area contributed by atoms with Gasteiger partial charge in [-0.25, -0.2) is 9.78 Å². The summed E-state index contributed by atoms with van der Waals surface area (Å²) in [6.45, 7) is 3.00. The van der Waals surface area contributed by atoms with Crippen molar-refractivity contribution in [2.45, 2.75) is 0 Å². The lowest BCUT2D eigenvalue weighted by atomic mass is 9.86. The summed E-state index contributed by atoms with van der Waals surface area (Å²) in [6.07, 6.45) is 1.80. The van der Waals surface area contributed by atoms with Gasteiger partial charge in [0.15, 0.2) is 11.5 Å². The van der Waals surface area contributed by atoms with E-state index in [2.05, 4.69) is 25.3 Å². The Morgan fingerprint density at radius 1 is 0.897 bits per heavy atom. The number of aromatic carboxylic acids is 1. The molecule has 0 atom stereocenters. The molecule has 3 aromatic carbocycles. The Kier molecular flexibility index (Phi) is 5.29. The number of carbonyl (C=O) groups is 2. The maximum absolute atomic E-state index is 13.8. The lowest BCUT2D eigenvalue weighted by molar-refractivity contribution is 0.0696. The van der Waals surface area contributed by atoms with E-state index in [1.165, 1.54) is 6.07 Å². The molecular weight excluding hydrogens is 494 g/mol. The number of hydrogen-bond acceptors (Lipinski definition) is 8. The van der Waals surface area contributed by atoms with Crippen molar-refractivity contribution in [2.24, 2.45) is 0 Å². The van der Waals surface area contributed by atoms with Crippen LogP contribution in [0, 0.1) is 0 Å². The van der Waals surface area contributed by atoms with E-state index in [1.807, 2.05) is 42.5 Å². The fourth-order valence-electron chi connectivity index (χ4n) is 5.48. The minimum atomic E-state index is -1.02. The highest BCUT2D eigenvalue weighted by Gasteiger charge is 2.34. The van der Waals surface area contributed by atoms with E-state index in [0.717, 1.165) is 37.7 Å². The van der Waals surface area contributed by atoms with Gasteiger partial charge in [-0.3, -0.25) is 4.79 Å². The summed E-state index contributed by atoms with van der Waals surface area (Å²) < 4.78 is 5.89. The number of nitrogens with one attached hydrogen (secondary N) is 1. The van der Waals surface area contributed by atoms with Gasteiger partial charge in [-0.2, -0.15) is 0 Å². The molecular formula is C30H23N5O4. The molecule has 0 bridgehead atoms. The van der Waals surface area contributed by atoms with E-state index in [-0.39, 0.29) is 11.3 Å². The quantitative estimate of drug-likeness (QED) is 0.319. The van der Waals surface area contributed by atoms with Crippen LogP contribution in [0.15, 0.2) is 83.5 Å². The minimum Gasteiger partial charge on any atom is -0.478 e. The molecule has 0 spiro atoms. The maximum Gasteiger partial charge on any atom is 0.335 e. The number of ketones is 1. The summed E-state index contributed by atoms with van der Waals surface area (Å²) in [6, 6.07) is 21.7. The van der Waals surface area contributed by atoms with Crippen molar-refractivity contribution in [1.29, 1.82) is 0 Å². The zero-order valence-corrected chi connectivity index (χ0v) is 20.8. The highest BCUT2D eigenvalue weighted by atomic mass is 16.5. The Labute approximate surface area is 223 Å². The van der Waals surface area contributed by atoms with Gasteiger partial charge in [-0.15, -0.1) is 0 Å². The zero-order chi connectivity index (χ0) is 26.5. The molecule has 2 aromatic heterocycles. The van der Waals surface area contributed by atoms with Crippen molar-refractivity contribution in [2.75, 3.05) is 41.3 Å². The number of carbonyl (C=O) groups excluding carboxylic acids is 1. The van der Waals surface area contributed by atoms with Crippen molar-refractivity contribution in [3.63, 3.8) is 0 Å². The van der Waals surface area contributed by atoms with Gasteiger partial charge in [-0.05, 0) is 36.4 Å². The second-order valence-electron chi connectivity index (χ2n) is 9.60. The summed E-state index contributed by atoms with van der Waals surface area (Å²) in [4.78, 5) is 34.4. The van der Waals surface area contributed by atoms with Gasteiger partial charge in [0.25, 0.3) is 0 Å². The van der Waals surface area contributed by atoms with E-state index < -0.39 is 5.97 Å². The molecule has 9 heteroatoms. The van der Waals surface area contributed by atoms with Gasteiger partial charge in [0.1, 0.15) is 11.3 Å². The topological polar surface area (TPSA) is 112 Å². The van der Waals surface area contributed by atoms with Gasteiger partial charge < -0.3 is 24.7 Å². The second-order valence-corrected chi connectivity index (χ2v) is 9.60. The van der Waals surface area contributed by atoms with Crippen LogP contribution in [0.5, 0.6) is 0 Å². The number of carboxylic acid groups (broad SMARTS) is 1. The van der Waals surface area contributed by atoms with Gasteiger partial charge in [0.05, 0.1) is 27.9 Å². The molecule has 0 unspecified atom stereocenters. The first-order chi connectivity index (χ1) is 19.1. The van der Waals surface area contributed by atoms with E-state index in [9.17, 15) is 14.7 Å². The average molecular weight is 518 g/mol. The van der Waals surface area contributed by atoms with Crippen LogP contribution in [0.2, 0.25) is 0 Å². The zero-order valence-electron chi connectivity index (χ0n) is 20.8. The number of nitrogens with zero attached hydrogens (tertiary/aromatic N) is 4. The third-order valence-corrected chi connectivity index (χ3v) is 7.36. The SMILES string of the molecule is O=C(O)c1cccc(Nc2cc(N3CCN(c4ccccn4)CC3)c3noc4c3c2C(=O)c2ccccc2-4)c1. The summed E-state index contributed by atoms with van der Waals surface area (Å²) in [7, 11) is 0. The number of hydrogen-bond donors (Lipinski definition) is 2. The summed E-state index contributed by atoms with van der Waals surface area (Å²) in [5.41, 5.74) is 4.53. The van der Waals surface area contributed by atoms with E-state index in [1.54, 1.807) is 30.5 Å². The van der Waals surface area contributed by atoms with E-state index >= 15 is 0 Å². The molecule has 5 aromatic rings. The third-order valence-electron chi connectivity index (χ3n) is 7.36. The number of carboxylic acids is 1. The van der Waals surface area contributed by atoms with Crippen LogP contribution in [0.1, 0.15) is 26.3 Å². The average Bonchev–Trinajstić information content (AvgIpc) is 3.42. The van der Waals surface area contributed by atoms with Crippen molar-refractivity contribution in [3.8, 4) is 11.3 Å². The minimum absolute atomic E-state index is 0.130. The van der Waals surface area contributed by atoms with Crippen LogP contribution < -0.4 is 15.1 Å². The molecule has 1 aliphatic heterocycles. The molecule has 0 saturated carbocycles. The van der Waals surface area contributed by atoms with E-state index in [0.29, 0.717) is 44.7 Å². The van der Waals surface area contributed by atoms with Crippen LogP contribution in [0.3, 0.4) is 0 Å². The highest BCUT2D eigenvalue weighted by Crippen LogP contribution is 2.46. The number of anilines is 4. The number of rotatable bonds is 5. The predicted molar refractivity (Wildman–Crippen MR) is 148 cm³/mol. The monoisotopic (exact) mass is 517 g/mol. The lowest BCUT2D eigenvalue weighted by Gasteiger charge is -2.37. The fraction of sp³-hybridized carbons (Fsp3) is 0.133. The first kappa shape index (κ1) is 23.0. The van der Waals surface area contributed by atoms with Crippen molar-refractivity contribution in [1.82, 2.24) is 10.1 Å². The fourth-order valence-corrected chi connectivity index (χ4v) is 5.48.